The Hall–Kier alpha value is -0.720. The van der Waals surface area contributed by atoms with Gasteiger partial charge in [0.2, 0.25) is 0 Å². The Morgan fingerprint density at radius 3 is 2.70 bits per heavy atom. The fourth-order valence-corrected chi connectivity index (χ4v) is 4.25. The third-order valence-corrected chi connectivity index (χ3v) is 5.98. The molecule has 10 heteroatoms. The van der Waals surface area contributed by atoms with Crippen molar-refractivity contribution in [1.29, 1.82) is 0 Å². The van der Waals surface area contributed by atoms with Gasteiger partial charge in [-0.05, 0) is 56.7 Å². The maximum atomic E-state index is 12.1. The van der Waals surface area contributed by atoms with E-state index in [0.717, 1.165) is 17.4 Å². The lowest BCUT2D eigenvalue weighted by Gasteiger charge is -2.07. The van der Waals surface area contributed by atoms with Crippen LogP contribution in [0, 0.1) is 3.57 Å². The number of benzene rings is 1. The second-order valence-corrected chi connectivity index (χ2v) is 8.78. The number of aromatic carboxylic acids is 1. The van der Waals surface area contributed by atoms with Crippen molar-refractivity contribution < 1.29 is 18.3 Å². The zero-order chi connectivity index (χ0) is 14.9. The fourth-order valence-electron chi connectivity index (χ4n) is 1.31. The van der Waals surface area contributed by atoms with Crippen LogP contribution in [0.5, 0.6) is 0 Å². The van der Waals surface area contributed by atoms with Crippen LogP contribution in [0.4, 0.5) is 5.13 Å². The van der Waals surface area contributed by atoms with Gasteiger partial charge in [0.05, 0.1) is 20.4 Å². The molecule has 0 bridgehead atoms. The molecule has 0 spiro atoms. The van der Waals surface area contributed by atoms with Crippen LogP contribution in [0.25, 0.3) is 0 Å². The zero-order valence-electron chi connectivity index (χ0n) is 9.50. The van der Waals surface area contributed by atoms with E-state index >= 15 is 0 Å². The molecular formula is C10H6BrIN2O4S2. The van der Waals surface area contributed by atoms with Crippen LogP contribution in [0.15, 0.2) is 33.1 Å². The molecule has 20 heavy (non-hydrogen) atoms. The highest BCUT2D eigenvalue weighted by molar-refractivity contribution is 14.1. The maximum Gasteiger partial charge on any atom is 0.336 e. The lowest BCUT2D eigenvalue weighted by atomic mass is 10.2. The van der Waals surface area contributed by atoms with E-state index in [1.54, 1.807) is 0 Å². The lowest BCUT2D eigenvalue weighted by Crippen LogP contribution is -2.14. The van der Waals surface area contributed by atoms with Gasteiger partial charge in [-0.3, -0.25) is 4.72 Å². The minimum atomic E-state index is -3.86. The molecule has 106 valence electrons. The van der Waals surface area contributed by atoms with E-state index in [0.29, 0.717) is 7.36 Å². The molecule has 2 rings (SSSR count). The quantitative estimate of drug-likeness (QED) is 0.645. The number of carboxylic acid groups (broad SMARTS) is 1. The van der Waals surface area contributed by atoms with Crippen LogP contribution in [-0.4, -0.2) is 24.5 Å². The van der Waals surface area contributed by atoms with Crippen molar-refractivity contribution in [2.75, 3.05) is 4.72 Å². The number of hydrogen-bond donors (Lipinski definition) is 2. The summed E-state index contributed by atoms with van der Waals surface area (Å²) in [6.07, 6.45) is 1.47. The molecule has 0 saturated heterocycles. The minimum Gasteiger partial charge on any atom is -0.478 e. The number of carboxylic acids is 1. The first-order valence-corrected chi connectivity index (χ1v) is 9.14. The summed E-state index contributed by atoms with van der Waals surface area (Å²) in [5.74, 6) is -1.18. The second kappa shape index (κ2) is 5.95. The van der Waals surface area contributed by atoms with Gasteiger partial charge in [-0.2, -0.15) is 0 Å². The van der Waals surface area contributed by atoms with Gasteiger partial charge in [-0.15, -0.1) is 0 Å². The van der Waals surface area contributed by atoms with Crippen LogP contribution in [0.1, 0.15) is 10.4 Å². The van der Waals surface area contributed by atoms with Gasteiger partial charge in [0.25, 0.3) is 10.0 Å². The standard InChI is InChI=1S/C10H6BrIN2O4S2/c11-8-4-13-10(19-8)14-20(17,18)5-1-2-7(12)6(3-5)9(15)16/h1-4H,(H,13,14)(H,15,16). The van der Waals surface area contributed by atoms with E-state index < -0.39 is 16.0 Å². The Morgan fingerprint density at radius 2 is 2.15 bits per heavy atom. The number of halogens is 2. The molecule has 6 nitrogen and oxygen atoms in total. The molecule has 0 atom stereocenters. The van der Waals surface area contributed by atoms with E-state index in [2.05, 4.69) is 25.6 Å². The highest BCUT2D eigenvalue weighted by Gasteiger charge is 2.19. The highest BCUT2D eigenvalue weighted by Crippen LogP contribution is 2.26. The van der Waals surface area contributed by atoms with Crippen molar-refractivity contribution >= 4 is 71.0 Å². The highest BCUT2D eigenvalue weighted by atomic mass is 127. The van der Waals surface area contributed by atoms with Gasteiger partial charge in [0, 0.05) is 3.57 Å². The van der Waals surface area contributed by atoms with Crippen molar-refractivity contribution in [3.05, 3.63) is 37.3 Å². The molecule has 0 aliphatic rings. The van der Waals surface area contributed by atoms with E-state index in [4.69, 9.17) is 5.11 Å². The second-order valence-electron chi connectivity index (χ2n) is 3.52. The van der Waals surface area contributed by atoms with E-state index in [1.165, 1.54) is 18.3 Å². The SMILES string of the molecule is O=C(O)c1cc(S(=O)(=O)Nc2ncc(Br)s2)ccc1I. The summed E-state index contributed by atoms with van der Waals surface area (Å²) in [7, 11) is -3.86. The average Bonchev–Trinajstić information content (AvgIpc) is 2.73. The van der Waals surface area contributed by atoms with E-state index in [1.807, 2.05) is 22.6 Å². The Balaban J connectivity index is 2.39. The number of nitrogens with one attached hydrogen (secondary N) is 1. The van der Waals surface area contributed by atoms with Crippen molar-refractivity contribution in [1.82, 2.24) is 4.98 Å². The monoisotopic (exact) mass is 488 g/mol. The summed E-state index contributed by atoms with van der Waals surface area (Å²) in [6, 6.07) is 3.91. The molecule has 0 unspecified atom stereocenters. The number of rotatable bonds is 4. The number of aromatic nitrogens is 1. The summed E-state index contributed by atoms with van der Waals surface area (Å²) in [5.41, 5.74) is -0.0613. The van der Waals surface area contributed by atoms with Crippen molar-refractivity contribution in [2.45, 2.75) is 4.90 Å². The van der Waals surface area contributed by atoms with Crippen LogP contribution in [0.3, 0.4) is 0 Å². The normalized spacial score (nSPS) is 11.3. The van der Waals surface area contributed by atoms with Gasteiger partial charge < -0.3 is 5.11 Å². The molecule has 0 saturated carbocycles. The predicted molar refractivity (Wildman–Crippen MR) is 86.7 cm³/mol. The molecule has 1 heterocycles. The fraction of sp³-hybridized carbons (Fsp3) is 0. The maximum absolute atomic E-state index is 12.1. The van der Waals surface area contributed by atoms with E-state index in [-0.39, 0.29) is 15.6 Å². The first-order valence-electron chi connectivity index (χ1n) is 4.96. The molecule has 2 N–H and O–H groups in total. The number of nitrogens with zero attached hydrogens (tertiary/aromatic N) is 1. The molecule has 2 aromatic rings. The molecule has 0 aliphatic carbocycles. The first-order chi connectivity index (χ1) is 9.29. The molecule has 0 fully saturated rings. The smallest absolute Gasteiger partial charge is 0.336 e. The molecule has 0 amide bonds. The number of carbonyl (C=O) groups is 1. The topological polar surface area (TPSA) is 96.4 Å². The van der Waals surface area contributed by atoms with Gasteiger partial charge in [-0.1, -0.05) is 11.3 Å². The zero-order valence-corrected chi connectivity index (χ0v) is 14.9. The Bertz CT molecular complexity index is 775. The summed E-state index contributed by atoms with van der Waals surface area (Å²) in [6.45, 7) is 0. The minimum absolute atomic E-state index is 0.0613. The van der Waals surface area contributed by atoms with Crippen molar-refractivity contribution in [2.24, 2.45) is 0 Å². The third kappa shape index (κ3) is 3.48. The van der Waals surface area contributed by atoms with Gasteiger partial charge in [0.1, 0.15) is 0 Å². The number of hydrogen-bond acceptors (Lipinski definition) is 5. The first kappa shape index (κ1) is 15.7. The summed E-state index contributed by atoms with van der Waals surface area (Å²) >= 11 is 6.13. The summed E-state index contributed by atoms with van der Waals surface area (Å²) < 4.78 is 27.7. The summed E-state index contributed by atoms with van der Waals surface area (Å²) in [4.78, 5) is 14.8. The van der Waals surface area contributed by atoms with Crippen molar-refractivity contribution in [3.63, 3.8) is 0 Å². The van der Waals surface area contributed by atoms with Gasteiger partial charge in [-0.25, -0.2) is 18.2 Å². The third-order valence-electron chi connectivity index (χ3n) is 2.18. The Morgan fingerprint density at radius 1 is 1.45 bits per heavy atom. The van der Waals surface area contributed by atoms with Crippen molar-refractivity contribution in [3.8, 4) is 0 Å². The Kier molecular flexibility index (Phi) is 4.66. The molecule has 0 aliphatic heterocycles. The van der Waals surface area contributed by atoms with Gasteiger partial charge >= 0.3 is 5.97 Å². The largest absolute Gasteiger partial charge is 0.478 e. The number of thiazole rings is 1. The Labute approximate surface area is 140 Å². The predicted octanol–water partition coefficient (Wildman–Crippen LogP) is 3.01. The number of anilines is 1. The number of sulfonamides is 1. The average molecular weight is 489 g/mol. The molecule has 0 radical (unpaired) electrons. The van der Waals surface area contributed by atoms with E-state index in [9.17, 15) is 13.2 Å². The van der Waals surface area contributed by atoms with Crippen LogP contribution < -0.4 is 4.72 Å². The lowest BCUT2D eigenvalue weighted by molar-refractivity contribution is 0.0695. The molecule has 1 aromatic carbocycles. The van der Waals surface area contributed by atoms with Crippen LogP contribution >= 0.6 is 49.9 Å². The molecule has 1 aromatic heterocycles. The van der Waals surface area contributed by atoms with Crippen LogP contribution in [0.2, 0.25) is 0 Å². The van der Waals surface area contributed by atoms with Gasteiger partial charge in [0.15, 0.2) is 5.13 Å². The molecular weight excluding hydrogens is 483 g/mol. The summed E-state index contributed by atoms with van der Waals surface area (Å²) in [5, 5.41) is 9.21. The van der Waals surface area contributed by atoms with Crippen LogP contribution in [-0.2, 0) is 10.0 Å².